The summed E-state index contributed by atoms with van der Waals surface area (Å²) in [5.74, 6) is -0.413. The molecule has 2 bridgehead atoms. The van der Waals surface area contributed by atoms with E-state index in [1.54, 1.807) is 11.0 Å². The molecule has 138 valence electrons. The lowest BCUT2D eigenvalue weighted by molar-refractivity contribution is -0.0536. The first-order chi connectivity index (χ1) is 12.3. The summed E-state index contributed by atoms with van der Waals surface area (Å²) in [5.41, 5.74) is 1.73. The Labute approximate surface area is 153 Å². The third-order valence-electron chi connectivity index (χ3n) is 4.49. The predicted octanol–water partition coefficient (Wildman–Crippen LogP) is 3.57. The van der Waals surface area contributed by atoms with Crippen molar-refractivity contribution in [2.75, 3.05) is 13.2 Å². The number of benzene rings is 1. The number of nitrogens with zero attached hydrogens (tertiary/aromatic N) is 2. The molecular formula is C20H23FN2O3. The molecular weight excluding hydrogens is 335 g/mol. The monoisotopic (exact) mass is 358 g/mol. The molecule has 3 rings (SSSR count). The first kappa shape index (κ1) is 18.4. The summed E-state index contributed by atoms with van der Waals surface area (Å²) in [6, 6.07) is 6.07. The van der Waals surface area contributed by atoms with Crippen molar-refractivity contribution in [1.29, 1.82) is 5.26 Å². The molecule has 2 atom stereocenters. The van der Waals surface area contributed by atoms with E-state index in [0.29, 0.717) is 31.6 Å². The number of fused-ring (bicyclic) bond motifs is 2. The molecule has 0 spiro atoms. The van der Waals surface area contributed by atoms with Gasteiger partial charge < -0.3 is 9.47 Å². The number of hydrogen-bond acceptors (Lipinski definition) is 4. The third-order valence-corrected chi connectivity index (χ3v) is 4.49. The second-order valence-corrected chi connectivity index (χ2v) is 7.77. The number of halogens is 1. The first-order valence-corrected chi connectivity index (χ1v) is 8.74. The lowest BCUT2D eigenvalue weighted by atomic mass is 9.89. The van der Waals surface area contributed by atoms with Crippen molar-refractivity contribution in [3.05, 3.63) is 46.8 Å². The van der Waals surface area contributed by atoms with E-state index >= 15 is 0 Å². The molecule has 2 aliphatic heterocycles. The zero-order valence-electron chi connectivity index (χ0n) is 15.3. The van der Waals surface area contributed by atoms with Gasteiger partial charge in [-0.05, 0) is 51.3 Å². The van der Waals surface area contributed by atoms with Crippen LogP contribution >= 0.6 is 0 Å². The van der Waals surface area contributed by atoms with E-state index in [9.17, 15) is 14.4 Å². The molecule has 1 amide bonds. The van der Waals surface area contributed by atoms with Crippen molar-refractivity contribution < 1.29 is 18.7 Å². The van der Waals surface area contributed by atoms with E-state index < -0.39 is 11.4 Å². The van der Waals surface area contributed by atoms with Gasteiger partial charge in [0.15, 0.2) is 0 Å². The van der Waals surface area contributed by atoms with Crippen LogP contribution in [0.1, 0.15) is 38.3 Å². The maximum Gasteiger partial charge on any atom is 0.411 e. The Morgan fingerprint density at radius 1 is 1.42 bits per heavy atom. The number of ether oxygens (including phenoxy) is 2. The molecule has 0 aromatic heterocycles. The molecule has 0 saturated carbocycles. The Balaban J connectivity index is 1.80. The Kier molecular flexibility index (Phi) is 5.01. The topological polar surface area (TPSA) is 62.6 Å². The Bertz CT molecular complexity index is 776. The van der Waals surface area contributed by atoms with Gasteiger partial charge in [0.1, 0.15) is 11.4 Å². The standard InChI is InChI=1S/C20H23FN2O3/c1-20(2,3)26-19(24)23-17-7-13(8-18(23)12-25-11-17)6-14-4-5-16(21)9-15(14)10-22/h4-5,7,9,17-18H,6,8,11-12H2,1-3H3. The van der Waals surface area contributed by atoms with E-state index in [2.05, 4.69) is 6.07 Å². The predicted molar refractivity (Wildman–Crippen MR) is 94.0 cm³/mol. The molecule has 5 nitrogen and oxygen atoms in total. The molecule has 0 radical (unpaired) electrons. The molecule has 2 unspecified atom stereocenters. The van der Waals surface area contributed by atoms with Gasteiger partial charge in [-0.1, -0.05) is 17.7 Å². The number of rotatable bonds is 2. The van der Waals surface area contributed by atoms with Crippen molar-refractivity contribution >= 4 is 6.09 Å². The summed E-state index contributed by atoms with van der Waals surface area (Å²) < 4.78 is 24.5. The zero-order chi connectivity index (χ0) is 18.9. The van der Waals surface area contributed by atoms with Crippen molar-refractivity contribution in [3.8, 4) is 6.07 Å². The second-order valence-electron chi connectivity index (χ2n) is 7.77. The molecule has 26 heavy (non-hydrogen) atoms. The van der Waals surface area contributed by atoms with Crippen molar-refractivity contribution in [1.82, 2.24) is 4.90 Å². The smallest absolute Gasteiger partial charge is 0.411 e. The molecule has 1 saturated heterocycles. The van der Waals surface area contributed by atoms with Crippen LogP contribution in [0.2, 0.25) is 0 Å². The van der Waals surface area contributed by atoms with Gasteiger partial charge in [-0.25, -0.2) is 9.18 Å². The fourth-order valence-electron chi connectivity index (χ4n) is 3.47. The lowest BCUT2D eigenvalue weighted by Gasteiger charge is -2.44. The molecule has 1 fully saturated rings. The number of morpholine rings is 1. The van der Waals surface area contributed by atoms with Crippen LogP contribution in [-0.4, -0.2) is 41.9 Å². The molecule has 1 aromatic carbocycles. The van der Waals surface area contributed by atoms with Gasteiger partial charge in [0, 0.05) is 0 Å². The van der Waals surface area contributed by atoms with Crippen LogP contribution in [0.25, 0.3) is 0 Å². The maximum absolute atomic E-state index is 13.3. The van der Waals surface area contributed by atoms with Crippen LogP contribution in [0.15, 0.2) is 29.8 Å². The summed E-state index contributed by atoms with van der Waals surface area (Å²) in [6.45, 7) is 6.43. The summed E-state index contributed by atoms with van der Waals surface area (Å²) in [6.07, 6.45) is 2.91. The highest BCUT2D eigenvalue weighted by molar-refractivity contribution is 5.70. The van der Waals surface area contributed by atoms with Gasteiger partial charge in [0.25, 0.3) is 0 Å². The molecule has 2 heterocycles. The van der Waals surface area contributed by atoms with E-state index in [1.807, 2.05) is 26.8 Å². The fraction of sp³-hybridized carbons (Fsp3) is 0.500. The highest BCUT2D eigenvalue weighted by Crippen LogP contribution is 2.31. The summed E-state index contributed by atoms with van der Waals surface area (Å²) in [5, 5.41) is 9.23. The minimum Gasteiger partial charge on any atom is -0.444 e. The van der Waals surface area contributed by atoms with Crippen molar-refractivity contribution in [2.24, 2.45) is 0 Å². The number of carbonyl (C=O) groups is 1. The Morgan fingerprint density at radius 2 is 2.19 bits per heavy atom. The van der Waals surface area contributed by atoms with Gasteiger partial charge in [-0.2, -0.15) is 5.26 Å². The highest BCUT2D eigenvalue weighted by Gasteiger charge is 2.39. The largest absolute Gasteiger partial charge is 0.444 e. The number of carbonyl (C=O) groups excluding carboxylic acids is 1. The van der Waals surface area contributed by atoms with Gasteiger partial charge in [0.2, 0.25) is 0 Å². The molecule has 1 aromatic rings. The van der Waals surface area contributed by atoms with E-state index in [0.717, 1.165) is 11.1 Å². The molecule has 2 aliphatic rings. The molecule has 0 aliphatic carbocycles. The SMILES string of the molecule is CC(C)(C)OC(=O)N1C2C=C(Cc3ccc(F)cc3C#N)CC1COC2. The Hall–Kier alpha value is -2.39. The van der Waals surface area contributed by atoms with E-state index in [1.165, 1.54) is 12.1 Å². The minimum absolute atomic E-state index is 0.0883. The van der Waals surface area contributed by atoms with E-state index in [-0.39, 0.29) is 18.2 Å². The summed E-state index contributed by atoms with van der Waals surface area (Å²) in [7, 11) is 0. The number of nitriles is 1. The van der Waals surface area contributed by atoms with Crippen LogP contribution in [0.4, 0.5) is 9.18 Å². The van der Waals surface area contributed by atoms with Crippen LogP contribution in [0, 0.1) is 17.1 Å². The lowest BCUT2D eigenvalue weighted by Crippen LogP contribution is -2.57. The van der Waals surface area contributed by atoms with Crippen molar-refractivity contribution in [2.45, 2.75) is 51.3 Å². The number of hydrogen-bond donors (Lipinski definition) is 0. The highest BCUT2D eigenvalue weighted by atomic mass is 19.1. The van der Waals surface area contributed by atoms with Crippen LogP contribution in [0.3, 0.4) is 0 Å². The van der Waals surface area contributed by atoms with Crippen LogP contribution < -0.4 is 0 Å². The zero-order valence-corrected chi connectivity index (χ0v) is 15.3. The first-order valence-electron chi connectivity index (χ1n) is 8.74. The second kappa shape index (κ2) is 7.08. The van der Waals surface area contributed by atoms with Crippen LogP contribution in [0.5, 0.6) is 0 Å². The minimum atomic E-state index is -0.550. The quantitative estimate of drug-likeness (QED) is 0.758. The number of amides is 1. The van der Waals surface area contributed by atoms with Crippen LogP contribution in [-0.2, 0) is 15.9 Å². The summed E-state index contributed by atoms with van der Waals surface area (Å²) in [4.78, 5) is 14.3. The van der Waals surface area contributed by atoms with Gasteiger partial charge in [0.05, 0.1) is 36.9 Å². The maximum atomic E-state index is 13.3. The Morgan fingerprint density at radius 3 is 2.85 bits per heavy atom. The fourth-order valence-corrected chi connectivity index (χ4v) is 3.47. The van der Waals surface area contributed by atoms with Gasteiger partial charge in [-0.15, -0.1) is 0 Å². The van der Waals surface area contributed by atoms with E-state index in [4.69, 9.17) is 9.47 Å². The average molecular weight is 358 g/mol. The molecule has 6 heteroatoms. The molecule has 0 N–H and O–H groups in total. The third kappa shape index (κ3) is 4.05. The van der Waals surface area contributed by atoms with Crippen molar-refractivity contribution in [3.63, 3.8) is 0 Å². The van der Waals surface area contributed by atoms with Gasteiger partial charge >= 0.3 is 6.09 Å². The summed E-state index contributed by atoms with van der Waals surface area (Å²) >= 11 is 0. The normalized spacial score (nSPS) is 22.4. The van der Waals surface area contributed by atoms with Gasteiger partial charge in [-0.3, -0.25) is 4.90 Å². The average Bonchev–Trinajstić information content (AvgIpc) is 2.54.